The first-order valence-electron chi connectivity index (χ1n) is 7.17. The highest BCUT2D eigenvalue weighted by Gasteiger charge is 2.25. The summed E-state index contributed by atoms with van der Waals surface area (Å²) in [5.41, 5.74) is 1.48. The molecule has 0 saturated carbocycles. The van der Waals surface area contributed by atoms with Gasteiger partial charge in [-0.3, -0.25) is 0 Å². The van der Waals surface area contributed by atoms with Gasteiger partial charge in [0.1, 0.15) is 5.69 Å². The smallest absolute Gasteiger partial charge is 0.354 e. The van der Waals surface area contributed by atoms with Crippen LogP contribution in [-0.4, -0.2) is 47.6 Å². The van der Waals surface area contributed by atoms with Crippen LogP contribution < -0.4 is 0 Å². The second kappa shape index (κ2) is 6.58. The number of pyridine rings is 1. The lowest BCUT2D eigenvalue weighted by Crippen LogP contribution is -2.37. The molecule has 2 heterocycles. The first-order chi connectivity index (χ1) is 10.3. The topological polar surface area (TPSA) is 87.6 Å². The lowest BCUT2D eigenvalue weighted by molar-refractivity contribution is 0.0690. The summed E-state index contributed by atoms with van der Waals surface area (Å²) in [5.74, 6) is -0.841. The van der Waals surface area contributed by atoms with Crippen molar-refractivity contribution in [1.29, 1.82) is 0 Å². The Kier molecular flexibility index (Phi) is 4.97. The molecule has 0 unspecified atom stereocenters. The molecular formula is C15H20N2O4S. The molecule has 120 valence electrons. The summed E-state index contributed by atoms with van der Waals surface area (Å²) in [7, 11) is -3.24. The number of sulfonamides is 1. The van der Waals surface area contributed by atoms with E-state index in [2.05, 4.69) is 4.98 Å². The monoisotopic (exact) mass is 324 g/mol. The van der Waals surface area contributed by atoms with Gasteiger partial charge < -0.3 is 5.11 Å². The zero-order valence-corrected chi connectivity index (χ0v) is 13.5. The molecule has 0 spiro atoms. The standard InChI is InChI=1S/C15H20N2O4S/c1-11(2)10-22(20,21)17-8-6-12(7-9-17)13-4-3-5-14(16-13)15(18)19/h3-6,11H,7-10H2,1-2H3,(H,18,19). The average molecular weight is 324 g/mol. The van der Waals surface area contributed by atoms with E-state index in [9.17, 15) is 13.2 Å². The van der Waals surface area contributed by atoms with Gasteiger partial charge in [0.25, 0.3) is 0 Å². The maximum Gasteiger partial charge on any atom is 0.354 e. The second-order valence-corrected chi connectivity index (χ2v) is 7.74. The van der Waals surface area contributed by atoms with Gasteiger partial charge >= 0.3 is 5.97 Å². The van der Waals surface area contributed by atoms with E-state index in [1.807, 2.05) is 19.9 Å². The lowest BCUT2D eigenvalue weighted by Gasteiger charge is -2.26. The quantitative estimate of drug-likeness (QED) is 0.893. The van der Waals surface area contributed by atoms with E-state index in [-0.39, 0.29) is 17.4 Å². The number of rotatable bonds is 5. The molecule has 1 aliphatic heterocycles. The summed E-state index contributed by atoms with van der Waals surface area (Å²) >= 11 is 0. The van der Waals surface area contributed by atoms with Crippen LogP contribution in [0.4, 0.5) is 0 Å². The van der Waals surface area contributed by atoms with E-state index in [0.717, 1.165) is 5.57 Å². The van der Waals surface area contributed by atoms with Gasteiger partial charge in [0, 0.05) is 13.1 Å². The van der Waals surface area contributed by atoms with E-state index in [1.165, 1.54) is 10.4 Å². The molecule has 0 bridgehead atoms. The van der Waals surface area contributed by atoms with Gasteiger partial charge in [-0.25, -0.2) is 18.2 Å². The Hall–Kier alpha value is -1.73. The first-order valence-corrected chi connectivity index (χ1v) is 8.78. The van der Waals surface area contributed by atoms with Crippen LogP contribution in [0.15, 0.2) is 24.3 Å². The molecule has 1 N–H and O–H groups in total. The van der Waals surface area contributed by atoms with E-state index in [1.54, 1.807) is 12.1 Å². The van der Waals surface area contributed by atoms with Crippen LogP contribution in [0.5, 0.6) is 0 Å². The van der Waals surface area contributed by atoms with E-state index in [4.69, 9.17) is 5.11 Å². The molecule has 0 saturated heterocycles. The number of hydrogen-bond donors (Lipinski definition) is 1. The summed E-state index contributed by atoms with van der Waals surface area (Å²) in [6.45, 7) is 4.47. The van der Waals surface area contributed by atoms with Gasteiger partial charge in [-0.2, -0.15) is 4.31 Å². The zero-order chi connectivity index (χ0) is 16.3. The summed E-state index contributed by atoms with van der Waals surface area (Å²) in [6.07, 6.45) is 2.35. The summed E-state index contributed by atoms with van der Waals surface area (Å²) in [6, 6.07) is 4.83. The molecule has 0 radical (unpaired) electrons. The molecular weight excluding hydrogens is 304 g/mol. The molecule has 0 atom stereocenters. The molecule has 1 aromatic heterocycles. The molecule has 22 heavy (non-hydrogen) atoms. The van der Waals surface area contributed by atoms with Gasteiger partial charge in [0.15, 0.2) is 0 Å². The maximum absolute atomic E-state index is 12.2. The van der Waals surface area contributed by atoms with Gasteiger partial charge in [-0.05, 0) is 30.0 Å². The first kappa shape index (κ1) is 16.6. The summed E-state index contributed by atoms with van der Waals surface area (Å²) in [4.78, 5) is 15.0. The zero-order valence-electron chi connectivity index (χ0n) is 12.7. The number of aromatic nitrogens is 1. The maximum atomic E-state index is 12.2. The van der Waals surface area contributed by atoms with Crippen molar-refractivity contribution >= 4 is 21.6 Å². The Morgan fingerprint density at radius 1 is 1.41 bits per heavy atom. The van der Waals surface area contributed by atoms with E-state index < -0.39 is 16.0 Å². The highest BCUT2D eigenvalue weighted by molar-refractivity contribution is 7.89. The van der Waals surface area contributed by atoms with Crippen LogP contribution in [0, 0.1) is 5.92 Å². The van der Waals surface area contributed by atoms with Crippen molar-refractivity contribution in [3.8, 4) is 0 Å². The predicted octanol–water partition coefficient (Wildman–Crippen LogP) is 1.85. The van der Waals surface area contributed by atoms with Crippen LogP contribution in [0.25, 0.3) is 5.57 Å². The Bertz CT molecular complexity index is 695. The second-order valence-electron chi connectivity index (χ2n) is 5.72. The highest BCUT2D eigenvalue weighted by Crippen LogP contribution is 2.23. The third kappa shape index (κ3) is 3.92. The van der Waals surface area contributed by atoms with Crippen LogP contribution in [0.3, 0.4) is 0 Å². The molecule has 0 aliphatic carbocycles. The van der Waals surface area contributed by atoms with Gasteiger partial charge in [0.05, 0.1) is 11.4 Å². The Balaban J connectivity index is 2.15. The van der Waals surface area contributed by atoms with E-state index >= 15 is 0 Å². The van der Waals surface area contributed by atoms with Crippen LogP contribution in [0.1, 0.15) is 36.5 Å². The molecule has 0 fully saturated rings. The SMILES string of the molecule is CC(C)CS(=O)(=O)N1CC=C(c2cccc(C(=O)O)n2)CC1. The van der Waals surface area contributed by atoms with Crippen LogP contribution >= 0.6 is 0 Å². The summed E-state index contributed by atoms with van der Waals surface area (Å²) < 4.78 is 25.8. The highest BCUT2D eigenvalue weighted by atomic mass is 32.2. The number of hydrogen-bond acceptors (Lipinski definition) is 4. The minimum atomic E-state index is -3.24. The van der Waals surface area contributed by atoms with Gasteiger partial charge in [0.2, 0.25) is 10.0 Å². The molecule has 1 aromatic rings. The number of nitrogens with zero attached hydrogens (tertiary/aromatic N) is 2. The Morgan fingerprint density at radius 3 is 2.68 bits per heavy atom. The van der Waals surface area contributed by atoms with E-state index in [0.29, 0.717) is 25.2 Å². The van der Waals surface area contributed by atoms with Gasteiger partial charge in [-0.15, -0.1) is 0 Å². The fourth-order valence-electron chi connectivity index (χ4n) is 2.40. The molecule has 7 heteroatoms. The van der Waals surface area contributed by atoms with Crippen molar-refractivity contribution in [2.45, 2.75) is 20.3 Å². The Labute approximate surface area is 130 Å². The minimum absolute atomic E-state index is 0.00624. The third-order valence-corrected chi connectivity index (χ3v) is 5.61. The van der Waals surface area contributed by atoms with Crippen molar-refractivity contribution in [2.75, 3.05) is 18.8 Å². The van der Waals surface area contributed by atoms with Crippen molar-refractivity contribution in [3.05, 3.63) is 35.7 Å². The number of carboxylic acids is 1. The molecule has 6 nitrogen and oxygen atoms in total. The van der Waals surface area contributed by atoms with Crippen molar-refractivity contribution in [2.24, 2.45) is 5.92 Å². The normalized spacial score (nSPS) is 16.6. The minimum Gasteiger partial charge on any atom is -0.477 e. The van der Waals surface area contributed by atoms with Crippen LogP contribution in [0.2, 0.25) is 0 Å². The number of carbonyl (C=O) groups is 1. The Morgan fingerprint density at radius 2 is 2.14 bits per heavy atom. The fraction of sp³-hybridized carbons (Fsp3) is 0.467. The lowest BCUT2D eigenvalue weighted by atomic mass is 10.1. The van der Waals surface area contributed by atoms with Gasteiger partial charge in [-0.1, -0.05) is 26.0 Å². The third-order valence-electron chi connectivity index (χ3n) is 3.41. The van der Waals surface area contributed by atoms with Crippen molar-refractivity contribution in [1.82, 2.24) is 9.29 Å². The molecule has 0 amide bonds. The summed E-state index contributed by atoms with van der Waals surface area (Å²) in [5, 5.41) is 8.97. The van der Waals surface area contributed by atoms with Crippen molar-refractivity contribution < 1.29 is 18.3 Å². The largest absolute Gasteiger partial charge is 0.477 e. The molecule has 0 aromatic carbocycles. The van der Waals surface area contributed by atoms with Crippen LogP contribution in [-0.2, 0) is 10.0 Å². The number of carboxylic acid groups (broad SMARTS) is 1. The fourth-order valence-corrected chi connectivity index (χ4v) is 4.12. The average Bonchev–Trinajstić information content (AvgIpc) is 2.46. The molecule has 1 aliphatic rings. The predicted molar refractivity (Wildman–Crippen MR) is 84.0 cm³/mol. The molecule has 2 rings (SSSR count). The number of aromatic carboxylic acids is 1. The van der Waals surface area contributed by atoms with Crippen molar-refractivity contribution in [3.63, 3.8) is 0 Å².